The van der Waals surface area contributed by atoms with Crippen LogP contribution in [0.1, 0.15) is 0 Å². The summed E-state index contributed by atoms with van der Waals surface area (Å²) < 4.78 is 5.24. The predicted molar refractivity (Wildman–Crippen MR) is 202 cm³/mol. The molecule has 0 unspecified atom stereocenters. The topological polar surface area (TPSA) is 6.48 Å². The van der Waals surface area contributed by atoms with E-state index in [-0.39, 0.29) is 0 Å². The van der Waals surface area contributed by atoms with E-state index in [1.807, 2.05) is 22.7 Å². The van der Waals surface area contributed by atoms with Crippen molar-refractivity contribution in [1.29, 1.82) is 0 Å². The Labute approximate surface area is 275 Å². The molecule has 0 fully saturated rings. The van der Waals surface area contributed by atoms with Gasteiger partial charge in [0.15, 0.2) is 0 Å². The van der Waals surface area contributed by atoms with Gasteiger partial charge in [0.1, 0.15) is 0 Å². The lowest BCUT2D eigenvalue weighted by atomic mass is 10.1. The van der Waals surface area contributed by atoms with Gasteiger partial charge in [-0.1, -0.05) is 78.9 Å². The Morgan fingerprint density at radius 3 is 1.26 bits per heavy atom. The summed E-state index contributed by atoms with van der Waals surface area (Å²) >= 11 is 3.71. The third kappa shape index (κ3) is 4.62. The number of nitrogens with zero attached hydrogens (tertiary/aromatic N) is 2. The highest BCUT2D eigenvalue weighted by atomic mass is 32.1. The van der Waals surface area contributed by atoms with Crippen molar-refractivity contribution in [3.05, 3.63) is 170 Å². The minimum absolute atomic E-state index is 1.11. The second-order valence-electron chi connectivity index (χ2n) is 11.4. The molecule has 0 bridgehead atoms. The van der Waals surface area contributed by atoms with Crippen molar-refractivity contribution in [3.63, 3.8) is 0 Å². The molecular weight excluding hydrogens is 597 g/mol. The molecule has 0 saturated carbocycles. The van der Waals surface area contributed by atoms with E-state index in [0.29, 0.717) is 0 Å². The monoisotopic (exact) mass is 624 g/mol. The zero-order valence-corrected chi connectivity index (χ0v) is 26.5. The zero-order valence-electron chi connectivity index (χ0n) is 24.9. The van der Waals surface area contributed by atoms with Crippen molar-refractivity contribution in [2.45, 2.75) is 0 Å². The van der Waals surface area contributed by atoms with Crippen LogP contribution in [0, 0.1) is 0 Å². The molecule has 9 aromatic rings. The molecule has 0 saturated heterocycles. The second-order valence-corrected chi connectivity index (χ2v) is 13.6. The van der Waals surface area contributed by atoms with Gasteiger partial charge in [0.2, 0.25) is 0 Å². The van der Waals surface area contributed by atoms with E-state index in [1.54, 1.807) is 0 Å². The molecule has 0 aliphatic heterocycles. The zero-order chi connectivity index (χ0) is 30.5. The fraction of sp³-hybridized carbons (Fsp3) is 0. The van der Waals surface area contributed by atoms with Gasteiger partial charge in [0.05, 0.1) is 0 Å². The molecule has 0 amide bonds. The number of thiophene rings is 2. The Morgan fingerprint density at radius 2 is 0.652 bits per heavy atom. The molecule has 2 heterocycles. The summed E-state index contributed by atoms with van der Waals surface area (Å²) in [5.74, 6) is 0. The molecule has 0 N–H and O–H groups in total. The van der Waals surface area contributed by atoms with E-state index < -0.39 is 0 Å². The van der Waals surface area contributed by atoms with Crippen LogP contribution in [0.3, 0.4) is 0 Å². The lowest BCUT2D eigenvalue weighted by molar-refractivity contribution is 1.26. The van der Waals surface area contributed by atoms with E-state index in [4.69, 9.17) is 0 Å². The quantitative estimate of drug-likeness (QED) is 0.182. The van der Waals surface area contributed by atoms with Crippen LogP contribution in [0.4, 0.5) is 34.1 Å². The van der Waals surface area contributed by atoms with Crippen LogP contribution in [0.2, 0.25) is 0 Å². The first kappa shape index (κ1) is 26.9. The molecule has 0 aliphatic carbocycles. The van der Waals surface area contributed by atoms with Crippen LogP contribution in [0.25, 0.3) is 40.3 Å². The Hall–Kier alpha value is -5.42. The van der Waals surface area contributed by atoms with Gasteiger partial charge in [-0.25, -0.2) is 0 Å². The Bertz CT molecular complexity index is 2480. The predicted octanol–water partition coefficient (Wildman–Crippen LogP) is 13.4. The van der Waals surface area contributed by atoms with Crippen LogP contribution in [0.5, 0.6) is 0 Å². The van der Waals surface area contributed by atoms with Crippen LogP contribution in [-0.2, 0) is 0 Å². The maximum atomic E-state index is 2.35. The summed E-state index contributed by atoms with van der Waals surface area (Å²) in [6.07, 6.45) is 0. The summed E-state index contributed by atoms with van der Waals surface area (Å²) in [6.45, 7) is 0. The van der Waals surface area contributed by atoms with E-state index in [9.17, 15) is 0 Å². The highest BCUT2D eigenvalue weighted by molar-refractivity contribution is 7.26. The van der Waals surface area contributed by atoms with E-state index in [2.05, 4.69) is 180 Å². The Balaban J connectivity index is 1.16. The van der Waals surface area contributed by atoms with Crippen LogP contribution in [-0.4, -0.2) is 0 Å². The van der Waals surface area contributed by atoms with Crippen LogP contribution >= 0.6 is 22.7 Å². The van der Waals surface area contributed by atoms with Crippen LogP contribution < -0.4 is 9.80 Å². The molecule has 7 aromatic carbocycles. The number of hydrogen-bond donors (Lipinski definition) is 0. The molecule has 4 heteroatoms. The number of benzene rings is 7. The average Bonchev–Trinajstić information content (AvgIpc) is 3.68. The first-order valence-corrected chi connectivity index (χ1v) is 17.1. The van der Waals surface area contributed by atoms with Gasteiger partial charge in [-0.3, -0.25) is 0 Å². The first-order valence-electron chi connectivity index (χ1n) is 15.4. The molecule has 46 heavy (non-hydrogen) atoms. The van der Waals surface area contributed by atoms with Crippen molar-refractivity contribution in [3.8, 4) is 0 Å². The van der Waals surface area contributed by atoms with Gasteiger partial charge in [-0.15, -0.1) is 22.7 Å². The highest BCUT2D eigenvalue weighted by Gasteiger charge is 2.18. The van der Waals surface area contributed by atoms with Crippen molar-refractivity contribution in [2.24, 2.45) is 0 Å². The second kappa shape index (κ2) is 11.2. The van der Waals surface area contributed by atoms with Crippen molar-refractivity contribution in [1.82, 2.24) is 0 Å². The minimum atomic E-state index is 1.11. The Kier molecular flexibility index (Phi) is 6.55. The standard InChI is InChI=1S/C42H28N2S2/c1-3-11-29(12-4-1)43(33-24-26-41-38(27-33)36-16-8-10-18-40(36)45-41)31-19-21-32(22-20-31)44(30-13-5-2-6-14-30)34-23-25-37-35-15-7-9-17-39(35)46-42(37)28-34/h1-28H. The number of anilines is 6. The van der Waals surface area contributed by atoms with Crippen molar-refractivity contribution < 1.29 is 0 Å². The molecule has 0 aliphatic rings. The SMILES string of the molecule is c1ccc(N(c2ccc(N(c3ccccc3)c3ccc4sc5ccccc5c4c3)cc2)c2ccc3c(c2)sc2ccccc23)cc1. The molecular formula is C42H28N2S2. The largest absolute Gasteiger partial charge is 0.310 e. The molecule has 0 spiro atoms. The fourth-order valence-corrected chi connectivity index (χ4v) is 8.73. The lowest BCUT2D eigenvalue weighted by Crippen LogP contribution is -2.12. The van der Waals surface area contributed by atoms with Gasteiger partial charge >= 0.3 is 0 Å². The fourth-order valence-electron chi connectivity index (χ4n) is 6.51. The summed E-state index contributed by atoms with van der Waals surface area (Å²) in [7, 11) is 0. The number of rotatable bonds is 6. The molecule has 0 atom stereocenters. The van der Waals surface area contributed by atoms with E-state index >= 15 is 0 Å². The molecule has 0 radical (unpaired) electrons. The number of hydrogen-bond acceptors (Lipinski definition) is 4. The summed E-state index contributed by atoms with van der Waals surface area (Å²) in [5.41, 5.74) is 6.78. The summed E-state index contributed by atoms with van der Waals surface area (Å²) in [5, 5.41) is 5.23. The van der Waals surface area contributed by atoms with Gasteiger partial charge in [-0.2, -0.15) is 0 Å². The van der Waals surface area contributed by atoms with Gasteiger partial charge < -0.3 is 9.80 Å². The van der Waals surface area contributed by atoms with E-state index in [1.165, 1.54) is 40.3 Å². The third-order valence-corrected chi connectivity index (χ3v) is 10.9. The van der Waals surface area contributed by atoms with Crippen molar-refractivity contribution >= 4 is 97.1 Å². The highest BCUT2D eigenvalue weighted by Crippen LogP contribution is 2.43. The summed E-state index contributed by atoms with van der Waals surface area (Å²) in [4.78, 5) is 4.70. The van der Waals surface area contributed by atoms with Gasteiger partial charge in [0, 0.05) is 74.5 Å². The number of fused-ring (bicyclic) bond motifs is 6. The normalized spacial score (nSPS) is 11.5. The minimum Gasteiger partial charge on any atom is -0.310 e. The third-order valence-electron chi connectivity index (χ3n) is 8.63. The Morgan fingerprint density at radius 1 is 0.261 bits per heavy atom. The summed E-state index contributed by atoms with van der Waals surface area (Å²) in [6, 6.07) is 61.3. The van der Waals surface area contributed by atoms with Gasteiger partial charge in [-0.05, 0) is 91.0 Å². The maximum absolute atomic E-state index is 2.35. The lowest BCUT2D eigenvalue weighted by Gasteiger charge is -2.28. The molecule has 2 aromatic heterocycles. The molecule has 9 rings (SSSR count). The smallest absolute Gasteiger partial charge is 0.0476 e. The maximum Gasteiger partial charge on any atom is 0.0476 e. The average molecular weight is 625 g/mol. The van der Waals surface area contributed by atoms with Crippen LogP contribution in [0.15, 0.2) is 170 Å². The molecule has 218 valence electrons. The number of para-hydroxylation sites is 2. The van der Waals surface area contributed by atoms with Gasteiger partial charge in [0.25, 0.3) is 0 Å². The van der Waals surface area contributed by atoms with E-state index in [0.717, 1.165) is 34.1 Å². The first-order chi connectivity index (χ1) is 22.8. The molecule has 2 nitrogen and oxygen atoms in total. The van der Waals surface area contributed by atoms with Crippen molar-refractivity contribution in [2.75, 3.05) is 9.80 Å².